The van der Waals surface area contributed by atoms with Crippen LogP contribution in [0.3, 0.4) is 0 Å². The van der Waals surface area contributed by atoms with Gasteiger partial charge in [0.05, 0.1) is 0 Å². The second-order valence-corrected chi connectivity index (χ2v) is 6.95. The normalized spacial score (nSPS) is 12.0. The third-order valence-electron chi connectivity index (χ3n) is 4.21. The highest BCUT2D eigenvalue weighted by atomic mass is 32.1. The van der Waals surface area contributed by atoms with Crippen molar-refractivity contribution in [1.29, 1.82) is 0 Å². The minimum atomic E-state index is 1.26. The lowest BCUT2D eigenvalue weighted by molar-refractivity contribution is 1.40. The molecule has 0 saturated carbocycles. The number of hydrogen-bond donors (Lipinski definition) is 0. The molecule has 3 heteroatoms. The summed E-state index contributed by atoms with van der Waals surface area (Å²) in [7, 11) is 0. The van der Waals surface area contributed by atoms with E-state index in [0.717, 1.165) is 0 Å². The summed E-state index contributed by atoms with van der Waals surface area (Å²) in [6.07, 6.45) is 0. The van der Waals surface area contributed by atoms with Gasteiger partial charge >= 0.3 is 16.5 Å². The molecule has 0 bridgehead atoms. The molecule has 21 heavy (non-hydrogen) atoms. The lowest BCUT2D eigenvalue weighted by Crippen LogP contribution is -1.89. The molecule has 0 unspecified atom stereocenters. The van der Waals surface area contributed by atoms with Gasteiger partial charge in [0.15, 0.2) is 0 Å². The molecular formula is C18H10AlNS. The van der Waals surface area contributed by atoms with E-state index in [9.17, 15) is 0 Å². The number of hydrogen-bond acceptors (Lipinski definition) is 1. The molecule has 0 atom stereocenters. The Balaban J connectivity index is 2.08. The number of nitrogens with zero attached hydrogens (tertiary/aromatic N) is 1. The van der Waals surface area contributed by atoms with E-state index in [1.165, 1.54) is 42.0 Å². The van der Waals surface area contributed by atoms with E-state index in [0.29, 0.717) is 0 Å². The SMILES string of the molecule is [Al][n]1c2ccccc2c2cc3c(cc21)sc1ccccc13. The number of fused-ring (bicyclic) bond motifs is 6. The van der Waals surface area contributed by atoms with Gasteiger partial charge in [0.1, 0.15) is 0 Å². The Kier molecular flexibility index (Phi) is 2.32. The van der Waals surface area contributed by atoms with Crippen molar-refractivity contribution in [1.82, 2.24) is 3.55 Å². The Morgan fingerprint density at radius 3 is 2.33 bits per heavy atom. The first kappa shape index (κ1) is 11.8. The minimum Gasteiger partial charge on any atom is -0.452 e. The van der Waals surface area contributed by atoms with Crippen molar-refractivity contribution in [2.75, 3.05) is 0 Å². The van der Waals surface area contributed by atoms with E-state index < -0.39 is 0 Å². The second-order valence-electron chi connectivity index (χ2n) is 5.35. The first-order valence-electron chi connectivity index (χ1n) is 6.92. The van der Waals surface area contributed by atoms with E-state index in [2.05, 4.69) is 80.7 Å². The van der Waals surface area contributed by atoms with Crippen molar-refractivity contribution in [2.45, 2.75) is 0 Å². The van der Waals surface area contributed by atoms with Gasteiger partial charge < -0.3 is 3.55 Å². The van der Waals surface area contributed by atoms with Crippen LogP contribution in [0.1, 0.15) is 0 Å². The van der Waals surface area contributed by atoms with Crippen LogP contribution < -0.4 is 0 Å². The molecule has 5 aromatic rings. The van der Waals surface area contributed by atoms with Crippen molar-refractivity contribution >= 4 is 69.8 Å². The predicted octanol–water partition coefficient (Wildman–Crippen LogP) is 5.09. The van der Waals surface area contributed by atoms with E-state index in [1.54, 1.807) is 0 Å². The van der Waals surface area contributed by atoms with Crippen LogP contribution in [0.15, 0.2) is 60.7 Å². The molecule has 0 saturated heterocycles. The third-order valence-corrected chi connectivity index (χ3v) is 5.90. The predicted molar refractivity (Wildman–Crippen MR) is 93.5 cm³/mol. The maximum atomic E-state index is 2.84. The number of thiophene rings is 1. The van der Waals surface area contributed by atoms with Gasteiger partial charge in [-0.15, -0.1) is 11.3 Å². The molecule has 96 valence electrons. The van der Waals surface area contributed by atoms with Gasteiger partial charge in [0.25, 0.3) is 0 Å². The Hall–Kier alpha value is -1.79. The zero-order valence-corrected chi connectivity index (χ0v) is 13.2. The van der Waals surface area contributed by atoms with Crippen LogP contribution in [0, 0.1) is 0 Å². The number of benzene rings is 3. The Morgan fingerprint density at radius 1 is 0.667 bits per heavy atom. The molecule has 2 heterocycles. The smallest absolute Gasteiger partial charge is 0.318 e. The molecule has 2 aromatic heterocycles. The molecule has 5 rings (SSSR count). The third kappa shape index (κ3) is 1.51. The van der Waals surface area contributed by atoms with Crippen molar-refractivity contribution in [3.63, 3.8) is 0 Å². The molecular weight excluding hydrogens is 289 g/mol. The highest BCUT2D eigenvalue weighted by molar-refractivity contribution is 7.25. The largest absolute Gasteiger partial charge is 0.452 e. The van der Waals surface area contributed by atoms with Gasteiger partial charge in [0, 0.05) is 42.0 Å². The summed E-state index contributed by atoms with van der Waals surface area (Å²) in [4.78, 5) is 0. The van der Waals surface area contributed by atoms with Crippen molar-refractivity contribution in [3.05, 3.63) is 60.7 Å². The topological polar surface area (TPSA) is 4.93 Å². The molecule has 2 radical (unpaired) electrons. The molecule has 0 fully saturated rings. The Bertz CT molecular complexity index is 1150. The van der Waals surface area contributed by atoms with Gasteiger partial charge in [-0.05, 0) is 24.3 Å². The van der Waals surface area contributed by atoms with E-state index in [-0.39, 0.29) is 0 Å². The van der Waals surface area contributed by atoms with Gasteiger partial charge in [-0.3, -0.25) is 0 Å². The lowest BCUT2D eigenvalue weighted by atomic mass is 10.1. The second kappa shape index (κ2) is 4.11. The summed E-state index contributed by atoms with van der Waals surface area (Å²) >= 11 is 4.72. The van der Waals surface area contributed by atoms with Crippen molar-refractivity contribution < 1.29 is 0 Å². The quantitative estimate of drug-likeness (QED) is 0.351. The molecule has 0 aliphatic carbocycles. The van der Waals surface area contributed by atoms with Gasteiger partial charge in [-0.1, -0.05) is 36.4 Å². The summed E-state index contributed by atoms with van der Waals surface area (Å²) in [5.74, 6) is 0. The maximum Gasteiger partial charge on any atom is 0.318 e. The molecule has 0 amide bonds. The average Bonchev–Trinajstić information content (AvgIpc) is 3.02. The van der Waals surface area contributed by atoms with Crippen LogP contribution in [-0.4, -0.2) is 20.1 Å². The monoisotopic (exact) mass is 299 g/mol. The fourth-order valence-electron chi connectivity index (χ4n) is 3.22. The number of aromatic nitrogens is 1. The van der Waals surface area contributed by atoms with Crippen molar-refractivity contribution in [2.24, 2.45) is 0 Å². The van der Waals surface area contributed by atoms with E-state index in [4.69, 9.17) is 0 Å². The molecule has 0 N–H and O–H groups in total. The molecule has 1 nitrogen and oxygen atoms in total. The standard InChI is InChI=1S/C18H10NS.Al/c1-3-7-15-11(5-1)13-9-14-12-6-2-4-8-17(12)20-18(14)10-16(13)19-15;/h1-10H;/q-1;+1. The van der Waals surface area contributed by atoms with Crippen LogP contribution in [0.2, 0.25) is 0 Å². The summed E-state index contributed by atoms with van der Waals surface area (Å²) in [6.45, 7) is 0. The van der Waals surface area contributed by atoms with Crippen LogP contribution >= 0.6 is 11.3 Å². The van der Waals surface area contributed by atoms with E-state index in [1.807, 2.05) is 11.3 Å². The fraction of sp³-hybridized carbons (Fsp3) is 0. The first-order chi connectivity index (χ1) is 10.3. The zero-order valence-electron chi connectivity index (χ0n) is 11.2. The summed E-state index contributed by atoms with van der Waals surface area (Å²) in [5, 5.41) is 5.38. The van der Waals surface area contributed by atoms with Crippen LogP contribution in [0.4, 0.5) is 0 Å². The van der Waals surface area contributed by atoms with Gasteiger partial charge in [-0.25, -0.2) is 0 Å². The van der Waals surface area contributed by atoms with Crippen molar-refractivity contribution in [3.8, 4) is 0 Å². The maximum absolute atomic E-state index is 2.84. The first-order valence-corrected chi connectivity index (χ1v) is 8.26. The lowest BCUT2D eigenvalue weighted by Gasteiger charge is -1.99. The summed E-state index contributed by atoms with van der Waals surface area (Å²) in [5.41, 5.74) is 2.54. The number of rotatable bonds is 0. The van der Waals surface area contributed by atoms with Crippen LogP contribution in [0.25, 0.3) is 42.0 Å². The highest BCUT2D eigenvalue weighted by Gasteiger charge is 2.11. The van der Waals surface area contributed by atoms with Crippen LogP contribution in [-0.2, 0) is 0 Å². The van der Waals surface area contributed by atoms with Gasteiger partial charge in [-0.2, -0.15) is 0 Å². The average molecular weight is 299 g/mol. The fourth-order valence-corrected chi connectivity index (χ4v) is 4.78. The Morgan fingerprint density at radius 2 is 1.43 bits per heavy atom. The molecule has 0 aliphatic heterocycles. The number of para-hydroxylation sites is 1. The molecule has 0 aliphatic rings. The molecule has 0 spiro atoms. The summed E-state index contributed by atoms with van der Waals surface area (Å²) in [6, 6.07) is 21.9. The minimum absolute atomic E-state index is 1.26. The zero-order chi connectivity index (χ0) is 14.0. The molecule has 3 aromatic carbocycles. The highest BCUT2D eigenvalue weighted by Crippen LogP contribution is 2.38. The Labute approximate surface area is 134 Å². The van der Waals surface area contributed by atoms with Crippen LogP contribution in [0.5, 0.6) is 0 Å². The van der Waals surface area contributed by atoms with Gasteiger partial charge in [0.2, 0.25) is 0 Å². The summed E-state index contributed by atoms with van der Waals surface area (Å²) < 4.78 is 4.93. The van der Waals surface area contributed by atoms with E-state index >= 15 is 0 Å².